The van der Waals surface area contributed by atoms with E-state index < -0.39 is 0 Å². The van der Waals surface area contributed by atoms with E-state index in [-0.39, 0.29) is 11.2 Å². The van der Waals surface area contributed by atoms with E-state index in [1.165, 1.54) is 59.3 Å². The van der Waals surface area contributed by atoms with E-state index in [1.54, 1.807) is 0 Å². The maximum absolute atomic E-state index is 13.0. The molecule has 2 aliphatic rings. The summed E-state index contributed by atoms with van der Waals surface area (Å²) in [6.45, 7) is 5.02. The third-order valence-electron chi connectivity index (χ3n) is 6.55. The van der Waals surface area contributed by atoms with Gasteiger partial charge in [0, 0.05) is 46.0 Å². The molecular formula is C25H27N5OS. The van der Waals surface area contributed by atoms with Crippen LogP contribution in [-0.2, 0) is 11.3 Å². The number of aryl methyl sites for hydroxylation is 1. The van der Waals surface area contributed by atoms with Crippen LogP contribution in [0.1, 0.15) is 57.3 Å². The molecule has 2 aromatic carbocycles. The zero-order valence-electron chi connectivity index (χ0n) is 18.4. The lowest BCUT2D eigenvalue weighted by atomic mass is 10.1. The summed E-state index contributed by atoms with van der Waals surface area (Å²) in [7, 11) is 0. The number of hydrogen-bond donors (Lipinski definition) is 1. The molecule has 0 saturated heterocycles. The molecule has 1 atom stereocenters. The topological polar surface area (TPSA) is 64.7 Å². The summed E-state index contributed by atoms with van der Waals surface area (Å²) in [4.78, 5) is 13.0. The zero-order chi connectivity index (χ0) is 21.8. The second kappa shape index (κ2) is 7.66. The molecule has 0 aliphatic heterocycles. The van der Waals surface area contributed by atoms with Gasteiger partial charge in [-0.2, -0.15) is 0 Å². The maximum Gasteiger partial charge on any atom is 0.237 e. The Labute approximate surface area is 191 Å². The zero-order valence-corrected chi connectivity index (χ0v) is 19.2. The summed E-state index contributed by atoms with van der Waals surface area (Å²) in [5, 5.41) is 15.1. The Bertz CT molecular complexity index is 1330. The minimum absolute atomic E-state index is 0.00750. The van der Waals surface area contributed by atoms with Gasteiger partial charge in [-0.1, -0.05) is 30.0 Å². The van der Waals surface area contributed by atoms with E-state index in [9.17, 15) is 4.79 Å². The second-order valence-electron chi connectivity index (χ2n) is 8.96. The Morgan fingerprint density at radius 3 is 2.62 bits per heavy atom. The molecule has 1 N–H and O–H groups in total. The molecule has 0 radical (unpaired) electrons. The fourth-order valence-corrected chi connectivity index (χ4v) is 5.52. The number of aromatic nitrogens is 4. The van der Waals surface area contributed by atoms with Crippen LogP contribution in [0.25, 0.3) is 21.8 Å². The van der Waals surface area contributed by atoms with Crippen LogP contribution < -0.4 is 5.32 Å². The van der Waals surface area contributed by atoms with E-state index >= 15 is 0 Å². The molecule has 32 heavy (non-hydrogen) atoms. The average molecular weight is 446 g/mol. The first-order valence-corrected chi connectivity index (χ1v) is 12.4. The highest BCUT2D eigenvalue weighted by atomic mass is 32.2. The quantitative estimate of drug-likeness (QED) is 0.369. The molecule has 0 spiro atoms. The largest absolute Gasteiger partial charge is 0.341 e. The number of hydrogen-bond acceptors (Lipinski definition) is 4. The monoisotopic (exact) mass is 445 g/mol. The highest BCUT2D eigenvalue weighted by Crippen LogP contribution is 2.46. The van der Waals surface area contributed by atoms with Crippen LogP contribution in [0.2, 0.25) is 0 Å². The van der Waals surface area contributed by atoms with Gasteiger partial charge in [-0.3, -0.25) is 4.79 Å². The van der Waals surface area contributed by atoms with Crippen molar-refractivity contribution in [1.29, 1.82) is 0 Å². The van der Waals surface area contributed by atoms with Gasteiger partial charge in [0.05, 0.1) is 5.25 Å². The van der Waals surface area contributed by atoms with Crippen molar-refractivity contribution >= 4 is 45.2 Å². The Morgan fingerprint density at radius 1 is 1.09 bits per heavy atom. The number of nitrogens with zero attached hydrogens (tertiary/aromatic N) is 4. The molecule has 2 heterocycles. The summed E-state index contributed by atoms with van der Waals surface area (Å²) in [5.41, 5.74) is 3.25. The number of para-hydroxylation sites is 1. The van der Waals surface area contributed by atoms with Crippen molar-refractivity contribution < 1.29 is 4.79 Å². The number of carbonyl (C=O) groups is 1. The number of benzene rings is 2. The smallest absolute Gasteiger partial charge is 0.237 e. The highest BCUT2D eigenvalue weighted by Gasteiger charge is 2.37. The summed E-state index contributed by atoms with van der Waals surface area (Å²) >= 11 is 1.52. The predicted octanol–water partition coefficient (Wildman–Crippen LogP) is 5.74. The Kier molecular flexibility index (Phi) is 4.75. The van der Waals surface area contributed by atoms with Gasteiger partial charge >= 0.3 is 0 Å². The fraction of sp³-hybridized carbons (Fsp3) is 0.400. The maximum atomic E-state index is 13.0. The standard InChI is InChI=1S/C25H27N5OS/c1-3-29-21-7-5-4-6-19(21)20-14-17(10-13-22(20)29)26-24(31)15(2)32-25-28-27-23(16-8-9-16)30(25)18-11-12-18/h4-7,10,13-16,18H,3,8-9,11-12H2,1-2H3,(H,26,31). The Morgan fingerprint density at radius 2 is 1.88 bits per heavy atom. The number of thioether (sulfide) groups is 1. The van der Waals surface area contributed by atoms with Crippen molar-refractivity contribution in [2.45, 2.75) is 68.4 Å². The minimum atomic E-state index is -0.253. The van der Waals surface area contributed by atoms with Crippen LogP contribution >= 0.6 is 11.8 Å². The number of nitrogens with one attached hydrogen (secondary N) is 1. The highest BCUT2D eigenvalue weighted by molar-refractivity contribution is 8.00. The molecule has 6 nitrogen and oxygen atoms in total. The van der Waals surface area contributed by atoms with Gasteiger partial charge in [0.2, 0.25) is 5.91 Å². The number of carbonyl (C=O) groups excluding carboxylic acids is 1. The number of rotatable bonds is 7. The first-order valence-electron chi connectivity index (χ1n) is 11.6. The van der Waals surface area contributed by atoms with Crippen molar-refractivity contribution in [2.24, 2.45) is 0 Å². The van der Waals surface area contributed by atoms with Gasteiger partial charge in [0.25, 0.3) is 0 Å². The molecule has 1 unspecified atom stereocenters. The molecule has 0 bridgehead atoms. The molecule has 1 amide bonds. The van der Waals surface area contributed by atoms with Gasteiger partial charge in [0.1, 0.15) is 5.82 Å². The number of fused-ring (bicyclic) bond motifs is 3. The number of amides is 1. The third-order valence-corrected chi connectivity index (χ3v) is 7.61. The van der Waals surface area contributed by atoms with E-state index in [1.807, 2.05) is 13.0 Å². The lowest BCUT2D eigenvalue weighted by Crippen LogP contribution is -2.23. The van der Waals surface area contributed by atoms with E-state index in [0.29, 0.717) is 12.0 Å². The number of anilines is 1. The van der Waals surface area contributed by atoms with Gasteiger partial charge in [-0.25, -0.2) is 0 Å². The van der Waals surface area contributed by atoms with Gasteiger partial charge in [-0.15, -0.1) is 10.2 Å². The van der Waals surface area contributed by atoms with Crippen LogP contribution in [0, 0.1) is 0 Å². The summed E-state index contributed by atoms with van der Waals surface area (Å²) in [6.07, 6.45) is 4.81. The lowest BCUT2D eigenvalue weighted by molar-refractivity contribution is -0.115. The second-order valence-corrected chi connectivity index (χ2v) is 10.3. The van der Waals surface area contributed by atoms with Crippen LogP contribution in [0.3, 0.4) is 0 Å². The van der Waals surface area contributed by atoms with Crippen LogP contribution in [-0.4, -0.2) is 30.5 Å². The van der Waals surface area contributed by atoms with E-state index in [2.05, 4.69) is 68.0 Å². The molecular weight excluding hydrogens is 418 g/mol. The lowest BCUT2D eigenvalue weighted by Gasteiger charge is -2.13. The SMILES string of the molecule is CCn1c2ccccc2c2cc(NC(=O)C(C)Sc3nnc(C4CC4)n3C3CC3)ccc21. The van der Waals surface area contributed by atoms with Crippen LogP contribution in [0.4, 0.5) is 5.69 Å². The van der Waals surface area contributed by atoms with Crippen LogP contribution in [0.5, 0.6) is 0 Å². The van der Waals surface area contributed by atoms with Crippen molar-refractivity contribution in [3.8, 4) is 0 Å². The Balaban J connectivity index is 1.24. The van der Waals surface area contributed by atoms with Gasteiger partial charge in [-0.05, 0) is 63.8 Å². The van der Waals surface area contributed by atoms with E-state index in [0.717, 1.165) is 23.2 Å². The first kappa shape index (κ1) is 19.9. The summed E-state index contributed by atoms with van der Waals surface area (Å²) in [6, 6.07) is 15.2. The van der Waals surface area contributed by atoms with Gasteiger partial charge in [0.15, 0.2) is 5.16 Å². The molecule has 2 saturated carbocycles. The van der Waals surface area contributed by atoms with Crippen molar-refractivity contribution in [3.63, 3.8) is 0 Å². The summed E-state index contributed by atoms with van der Waals surface area (Å²) in [5.74, 6) is 1.69. The summed E-state index contributed by atoms with van der Waals surface area (Å²) < 4.78 is 4.62. The molecule has 2 aliphatic carbocycles. The predicted molar refractivity (Wildman–Crippen MR) is 129 cm³/mol. The third kappa shape index (κ3) is 3.39. The molecule has 2 aromatic heterocycles. The van der Waals surface area contributed by atoms with E-state index in [4.69, 9.17) is 0 Å². The van der Waals surface area contributed by atoms with Crippen molar-refractivity contribution in [3.05, 3.63) is 48.3 Å². The molecule has 6 rings (SSSR count). The molecule has 164 valence electrons. The normalized spacial score (nSPS) is 17.2. The molecule has 4 aromatic rings. The average Bonchev–Trinajstić information content (AvgIpc) is 3.74. The minimum Gasteiger partial charge on any atom is -0.341 e. The molecule has 7 heteroatoms. The first-order chi connectivity index (χ1) is 15.6. The fourth-order valence-electron chi connectivity index (χ4n) is 4.59. The molecule has 2 fully saturated rings. The van der Waals surface area contributed by atoms with Crippen molar-refractivity contribution in [2.75, 3.05) is 5.32 Å². The Hall–Kier alpha value is -2.80. The van der Waals surface area contributed by atoms with Crippen LogP contribution in [0.15, 0.2) is 47.6 Å². The van der Waals surface area contributed by atoms with Gasteiger partial charge < -0.3 is 14.5 Å². The van der Waals surface area contributed by atoms with Crippen molar-refractivity contribution in [1.82, 2.24) is 19.3 Å².